The third-order valence-electron chi connectivity index (χ3n) is 3.77. The number of rotatable bonds is 5. The third-order valence-corrected chi connectivity index (χ3v) is 5.18. The molecule has 3 rings (SSSR count). The maximum absolute atomic E-state index is 10.2. The van der Waals surface area contributed by atoms with E-state index in [1.165, 1.54) is 11.1 Å². The van der Waals surface area contributed by atoms with Crippen molar-refractivity contribution < 1.29 is 5.11 Å². The summed E-state index contributed by atoms with van der Waals surface area (Å²) in [7, 11) is 0. The molecule has 2 atom stereocenters. The second-order valence-corrected chi connectivity index (χ2v) is 6.78. The van der Waals surface area contributed by atoms with Crippen molar-refractivity contribution in [2.24, 2.45) is 0 Å². The van der Waals surface area contributed by atoms with Crippen molar-refractivity contribution in [1.29, 1.82) is 0 Å². The van der Waals surface area contributed by atoms with Gasteiger partial charge in [-0.2, -0.15) is 0 Å². The second kappa shape index (κ2) is 6.21. The first-order valence-electron chi connectivity index (χ1n) is 6.86. The van der Waals surface area contributed by atoms with E-state index in [4.69, 9.17) is 11.6 Å². The Kier molecular flexibility index (Phi) is 4.35. The molecule has 0 aromatic heterocycles. The van der Waals surface area contributed by atoms with E-state index in [9.17, 15) is 5.11 Å². The number of thioether (sulfide) groups is 1. The Labute approximate surface area is 129 Å². The SMILES string of the molecule is OC(CSc1ccc(Cl)cc1)CC1Cc2ccccc21. The van der Waals surface area contributed by atoms with Crippen LogP contribution in [-0.2, 0) is 6.42 Å². The molecule has 0 amide bonds. The van der Waals surface area contributed by atoms with Crippen LogP contribution in [0.5, 0.6) is 0 Å². The van der Waals surface area contributed by atoms with Crippen molar-refractivity contribution in [2.75, 3.05) is 5.75 Å². The number of fused-ring (bicyclic) bond motifs is 1. The van der Waals surface area contributed by atoms with E-state index >= 15 is 0 Å². The summed E-state index contributed by atoms with van der Waals surface area (Å²) in [6.07, 6.45) is 1.71. The van der Waals surface area contributed by atoms with Crippen molar-refractivity contribution in [3.05, 3.63) is 64.7 Å². The first-order valence-corrected chi connectivity index (χ1v) is 8.23. The molecule has 1 nitrogen and oxygen atoms in total. The average molecular weight is 305 g/mol. The summed E-state index contributed by atoms with van der Waals surface area (Å²) in [5.41, 5.74) is 2.86. The maximum atomic E-state index is 10.2. The van der Waals surface area contributed by atoms with Gasteiger partial charge in [0.15, 0.2) is 0 Å². The molecule has 0 fully saturated rings. The van der Waals surface area contributed by atoms with Gasteiger partial charge in [-0.05, 0) is 54.2 Å². The van der Waals surface area contributed by atoms with E-state index < -0.39 is 0 Å². The van der Waals surface area contributed by atoms with Gasteiger partial charge in [-0.25, -0.2) is 0 Å². The fourth-order valence-electron chi connectivity index (χ4n) is 2.69. The molecule has 20 heavy (non-hydrogen) atoms. The van der Waals surface area contributed by atoms with Crippen LogP contribution in [-0.4, -0.2) is 17.0 Å². The van der Waals surface area contributed by atoms with E-state index in [2.05, 4.69) is 24.3 Å². The molecule has 0 saturated heterocycles. The Hall–Kier alpha value is -0.960. The predicted molar refractivity (Wildman–Crippen MR) is 85.7 cm³/mol. The molecule has 0 bridgehead atoms. The summed E-state index contributed by atoms with van der Waals surface area (Å²) in [6.45, 7) is 0. The van der Waals surface area contributed by atoms with Crippen LogP contribution in [0.25, 0.3) is 0 Å². The predicted octanol–water partition coefficient (Wildman–Crippen LogP) is 4.52. The van der Waals surface area contributed by atoms with E-state index in [0.29, 0.717) is 5.92 Å². The quantitative estimate of drug-likeness (QED) is 0.819. The molecular weight excluding hydrogens is 288 g/mol. The minimum atomic E-state index is -0.256. The molecule has 0 saturated carbocycles. The number of aliphatic hydroxyl groups excluding tert-OH is 1. The zero-order valence-corrected chi connectivity index (χ0v) is 12.7. The van der Waals surface area contributed by atoms with Crippen LogP contribution in [0.2, 0.25) is 5.02 Å². The van der Waals surface area contributed by atoms with Crippen LogP contribution in [0.1, 0.15) is 23.5 Å². The number of halogens is 1. The van der Waals surface area contributed by atoms with Gasteiger partial charge >= 0.3 is 0 Å². The lowest BCUT2D eigenvalue weighted by molar-refractivity contribution is 0.175. The minimum Gasteiger partial charge on any atom is -0.392 e. The molecule has 2 unspecified atom stereocenters. The molecule has 0 radical (unpaired) electrons. The number of hydrogen-bond acceptors (Lipinski definition) is 2. The highest BCUT2D eigenvalue weighted by atomic mass is 35.5. The zero-order chi connectivity index (χ0) is 13.9. The summed E-state index contributed by atoms with van der Waals surface area (Å²) in [6, 6.07) is 16.3. The van der Waals surface area contributed by atoms with Gasteiger partial charge in [0, 0.05) is 15.7 Å². The maximum Gasteiger partial charge on any atom is 0.0640 e. The highest BCUT2D eigenvalue weighted by molar-refractivity contribution is 7.99. The van der Waals surface area contributed by atoms with Crippen LogP contribution in [0.3, 0.4) is 0 Å². The van der Waals surface area contributed by atoms with Gasteiger partial charge in [-0.1, -0.05) is 35.9 Å². The van der Waals surface area contributed by atoms with Gasteiger partial charge in [-0.15, -0.1) is 11.8 Å². The standard InChI is InChI=1S/C17H17ClOS/c18-14-5-7-16(8-6-14)20-11-15(19)10-13-9-12-3-1-2-4-17(12)13/h1-8,13,15,19H,9-11H2. The van der Waals surface area contributed by atoms with Crippen LogP contribution in [0.4, 0.5) is 0 Å². The molecule has 2 aromatic rings. The van der Waals surface area contributed by atoms with Crippen molar-refractivity contribution >= 4 is 23.4 Å². The average Bonchev–Trinajstić information content (AvgIpc) is 2.44. The summed E-state index contributed by atoms with van der Waals surface area (Å²) in [5.74, 6) is 1.27. The van der Waals surface area contributed by atoms with Crippen LogP contribution < -0.4 is 0 Å². The molecule has 1 N–H and O–H groups in total. The topological polar surface area (TPSA) is 20.2 Å². The summed E-state index contributed by atoms with van der Waals surface area (Å²) >= 11 is 7.55. The lowest BCUT2D eigenvalue weighted by Gasteiger charge is -2.31. The Bertz CT molecular complexity index is 582. The molecule has 0 heterocycles. The van der Waals surface area contributed by atoms with Gasteiger partial charge in [-0.3, -0.25) is 0 Å². The van der Waals surface area contributed by atoms with Gasteiger partial charge in [0.05, 0.1) is 6.10 Å². The van der Waals surface area contributed by atoms with Gasteiger partial charge in [0.25, 0.3) is 0 Å². The van der Waals surface area contributed by atoms with E-state index in [1.807, 2.05) is 24.3 Å². The van der Waals surface area contributed by atoms with Crippen LogP contribution in [0, 0.1) is 0 Å². The molecule has 2 aromatic carbocycles. The molecule has 104 valence electrons. The Morgan fingerprint density at radius 3 is 2.65 bits per heavy atom. The van der Waals surface area contributed by atoms with Gasteiger partial charge < -0.3 is 5.11 Å². The molecule has 0 spiro atoms. The van der Waals surface area contributed by atoms with Gasteiger partial charge in [0.1, 0.15) is 0 Å². The van der Waals surface area contributed by atoms with E-state index in [1.54, 1.807) is 11.8 Å². The lowest BCUT2D eigenvalue weighted by atomic mass is 9.75. The second-order valence-electron chi connectivity index (χ2n) is 5.25. The van der Waals surface area contributed by atoms with Crippen LogP contribution >= 0.6 is 23.4 Å². The van der Waals surface area contributed by atoms with Crippen molar-refractivity contribution in [3.63, 3.8) is 0 Å². The molecule has 3 heteroatoms. The number of aliphatic hydroxyl groups is 1. The highest BCUT2D eigenvalue weighted by Crippen LogP contribution is 2.38. The Morgan fingerprint density at radius 2 is 1.90 bits per heavy atom. The van der Waals surface area contributed by atoms with Crippen molar-refractivity contribution in [2.45, 2.75) is 29.8 Å². The molecule has 1 aliphatic carbocycles. The van der Waals surface area contributed by atoms with E-state index in [0.717, 1.165) is 28.5 Å². The van der Waals surface area contributed by atoms with Crippen molar-refractivity contribution in [3.8, 4) is 0 Å². The fraction of sp³-hybridized carbons (Fsp3) is 0.294. The monoisotopic (exact) mass is 304 g/mol. The molecule has 1 aliphatic rings. The summed E-state index contributed by atoms with van der Waals surface area (Å²) < 4.78 is 0. The Morgan fingerprint density at radius 1 is 1.15 bits per heavy atom. The number of benzene rings is 2. The lowest BCUT2D eigenvalue weighted by Crippen LogP contribution is -2.23. The first kappa shape index (κ1) is 14.0. The van der Waals surface area contributed by atoms with Crippen molar-refractivity contribution in [1.82, 2.24) is 0 Å². The summed E-state index contributed by atoms with van der Waals surface area (Å²) in [5, 5.41) is 10.9. The zero-order valence-electron chi connectivity index (χ0n) is 11.1. The molecular formula is C17H17ClOS. The first-order chi connectivity index (χ1) is 9.72. The number of hydrogen-bond donors (Lipinski definition) is 1. The van der Waals surface area contributed by atoms with Crippen LogP contribution in [0.15, 0.2) is 53.4 Å². The van der Waals surface area contributed by atoms with E-state index in [-0.39, 0.29) is 6.10 Å². The largest absolute Gasteiger partial charge is 0.392 e. The smallest absolute Gasteiger partial charge is 0.0640 e. The fourth-order valence-corrected chi connectivity index (χ4v) is 3.67. The van der Waals surface area contributed by atoms with Gasteiger partial charge in [0.2, 0.25) is 0 Å². The normalized spacial score (nSPS) is 18.2. The minimum absolute atomic E-state index is 0.256. The molecule has 0 aliphatic heterocycles. The summed E-state index contributed by atoms with van der Waals surface area (Å²) in [4.78, 5) is 1.16. The Balaban J connectivity index is 1.49. The highest BCUT2D eigenvalue weighted by Gasteiger charge is 2.27. The third kappa shape index (κ3) is 3.20.